The van der Waals surface area contributed by atoms with Crippen LogP contribution in [0, 0.1) is 11.7 Å². The lowest BCUT2D eigenvalue weighted by atomic mass is 9.99. The summed E-state index contributed by atoms with van der Waals surface area (Å²) in [5.74, 6) is 1.01. The van der Waals surface area contributed by atoms with Gasteiger partial charge in [-0.25, -0.2) is 9.37 Å². The zero-order chi connectivity index (χ0) is 18.6. The Morgan fingerprint density at radius 1 is 1.22 bits per heavy atom. The third-order valence-corrected chi connectivity index (χ3v) is 4.82. The molecule has 7 nitrogen and oxygen atoms in total. The van der Waals surface area contributed by atoms with Gasteiger partial charge in [-0.2, -0.15) is 0 Å². The van der Waals surface area contributed by atoms with E-state index in [4.69, 9.17) is 0 Å². The SMILES string of the molecule is O=C(NCc1ccccc1F)C1CCc2nnc(-c3cnccn3)n2CC1. The monoisotopic (exact) mass is 366 g/mol. The highest BCUT2D eigenvalue weighted by atomic mass is 19.1. The van der Waals surface area contributed by atoms with E-state index < -0.39 is 0 Å². The van der Waals surface area contributed by atoms with Crippen molar-refractivity contribution in [1.82, 2.24) is 30.0 Å². The van der Waals surface area contributed by atoms with Crippen LogP contribution in [0.3, 0.4) is 0 Å². The molecule has 0 saturated carbocycles. The van der Waals surface area contributed by atoms with Gasteiger partial charge in [-0.15, -0.1) is 10.2 Å². The second kappa shape index (κ2) is 7.61. The number of benzene rings is 1. The first kappa shape index (κ1) is 17.3. The Morgan fingerprint density at radius 2 is 2.11 bits per heavy atom. The molecule has 1 aliphatic heterocycles. The molecule has 3 heterocycles. The zero-order valence-corrected chi connectivity index (χ0v) is 14.7. The molecule has 1 aromatic carbocycles. The van der Waals surface area contributed by atoms with Crippen molar-refractivity contribution in [2.45, 2.75) is 32.4 Å². The normalized spacial score (nSPS) is 16.4. The Balaban J connectivity index is 1.42. The van der Waals surface area contributed by atoms with Gasteiger partial charge in [0.15, 0.2) is 5.82 Å². The van der Waals surface area contributed by atoms with Gasteiger partial charge in [-0.05, 0) is 18.9 Å². The first-order chi connectivity index (χ1) is 13.2. The van der Waals surface area contributed by atoms with Gasteiger partial charge in [-0.3, -0.25) is 9.78 Å². The van der Waals surface area contributed by atoms with E-state index in [1.807, 2.05) is 4.57 Å². The van der Waals surface area contributed by atoms with Crippen LogP contribution in [-0.4, -0.2) is 30.6 Å². The minimum atomic E-state index is -0.307. The Labute approximate surface area is 155 Å². The molecule has 1 amide bonds. The number of fused-ring (bicyclic) bond motifs is 1. The summed E-state index contributed by atoms with van der Waals surface area (Å²) in [6.45, 7) is 0.824. The van der Waals surface area contributed by atoms with Gasteiger partial charge in [0.2, 0.25) is 5.91 Å². The number of halogens is 1. The van der Waals surface area contributed by atoms with Gasteiger partial charge in [0.1, 0.15) is 17.3 Å². The highest BCUT2D eigenvalue weighted by Crippen LogP contribution is 2.24. The second-order valence-corrected chi connectivity index (χ2v) is 6.52. The molecule has 0 spiro atoms. The van der Waals surface area contributed by atoms with Crippen LogP contribution in [0.4, 0.5) is 4.39 Å². The van der Waals surface area contributed by atoms with Crippen molar-refractivity contribution in [2.75, 3.05) is 0 Å². The maximum Gasteiger partial charge on any atom is 0.223 e. The smallest absolute Gasteiger partial charge is 0.223 e. The Kier molecular flexibility index (Phi) is 4.86. The minimum absolute atomic E-state index is 0.0574. The maximum absolute atomic E-state index is 13.7. The average molecular weight is 366 g/mol. The molecule has 0 fully saturated rings. The molecule has 0 aliphatic carbocycles. The van der Waals surface area contributed by atoms with Crippen molar-refractivity contribution >= 4 is 5.91 Å². The molecule has 0 radical (unpaired) electrons. The van der Waals surface area contributed by atoms with E-state index in [2.05, 4.69) is 25.5 Å². The number of hydrogen-bond donors (Lipinski definition) is 1. The molecule has 27 heavy (non-hydrogen) atoms. The molecule has 2 aromatic heterocycles. The van der Waals surface area contributed by atoms with E-state index in [0.29, 0.717) is 42.9 Å². The number of carbonyl (C=O) groups is 1. The number of aryl methyl sites for hydroxylation is 1. The molecule has 1 unspecified atom stereocenters. The summed E-state index contributed by atoms with van der Waals surface area (Å²) in [6.07, 6.45) is 6.89. The van der Waals surface area contributed by atoms with Gasteiger partial charge < -0.3 is 9.88 Å². The number of nitrogens with one attached hydrogen (secondary N) is 1. The summed E-state index contributed by atoms with van der Waals surface area (Å²) >= 11 is 0. The highest BCUT2D eigenvalue weighted by Gasteiger charge is 2.25. The van der Waals surface area contributed by atoms with Crippen molar-refractivity contribution < 1.29 is 9.18 Å². The highest BCUT2D eigenvalue weighted by molar-refractivity contribution is 5.78. The summed E-state index contributed by atoms with van der Waals surface area (Å²) in [5, 5.41) is 11.3. The molecule has 1 atom stereocenters. The standard InChI is InChI=1S/C19H19FN6O/c20-15-4-2-1-3-14(15)11-23-19(27)13-5-6-17-24-25-18(26(17)10-7-13)16-12-21-8-9-22-16/h1-4,8-9,12-13H,5-7,10-11H2,(H,23,27). The van der Waals surface area contributed by atoms with Crippen LogP contribution in [0.2, 0.25) is 0 Å². The van der Waals surface area contributed by atoms with Gasteiger partial charge in [0, 0.05) is 43.4 Å². The Morgan fingerprint density at radius 3 is 2.93 bits per heavy atom. The van der Waals surface area contributed by atoms with Crippen molar-refractivity contribution in [2.24, 2.45) is 5.92 Å². The lowest BCUT2D eigenvalue weighted by Gasteiger charge is -2.14. The van der Waals surface area contributed by atoms with Gasteiger partial charge in [0.05, 0.1) is 6.20 Å². The van der Waals surface area contributed by atoms with E-state index in [9.17, 15) is 9.18 Å². The molecular weight excluding hydrogens is 347 g/mol. The third kappa shape index (κ3) is 3.69. The second-order valence-electron chi connectivity index (χ2n) is 6.52. The van der Waals surface area contributed by atoms with Crippen LogP contribution < -0.4 is 5.32 Å². The topological polar surface area (TPSA) is 85.6 Å². The molecule has 1 aliphatic rings. The molecule has 3 aromatic rings. The average Bonchev–Trinajstić information content (AvgIpc) is 2.99. The maximum atomic E-state index is 13.7. The summed E-state index contributed by atoms with van der Waals surface area (Å²) in [6, 6.07) is 6.47. The van der Waals surface area contributed by atoms with Crippen LogP contribution in [0.25, 0.3) is 11.5 Å². The summed E-state index contributed by atoms with van der Waals surface area (Å²) < 4.78 is 15.7. The third-order valence-electron chi connectivity index (χ3n) is 4.82. The molecule has 138 valence electrons. The van der Waals surface area contributed by atoms with Crippen molar-refractivity contribution in [3.05, 3.63) is 60.1 Å². The van der Waals surface area contributed by atoms with Crippen molar-refractivity contribution in [3.63, 3.8) is 0 Å². The van der Waals surface area contributed by atoms with E-state index in [0.717, 1.165) is 5.82 Å². The van der Waals surface area contributed by atoms with Crippen molar-refractivity contribution in [1.29, 1.82) is 0 Å². The van der Waals surface area contributed by atoms with Gasteiger partial charge in [-0.1, -0.05) is 18.2 Å². The van der Waals surface area contributed by atoms with Crippen LogP contribution in [-0.2, 0) is 24.3 Å². The predicted octanol–water partition coefficient (Wildman–Crippen LogP) is 2.14. The molecule has 1 N–H and O–H groups in total. The summed E-state index contributed by atoms with van der Waals surface area (Å²) in [4.78, 5) is 20.9. The first-order valence-electron chi connectivity index (χ1n) is 8.92. The fourth-order valence-electron chi connectivity index (χ4n) is 3.32. The van der Waals surface area contributed by atoms with E-state index >= 15 is 0 Å². The van der Waals surface area contributed by atoms with E-state index in [-0.39, 0.29) is 24.2 Å². The van der Waals surface area contributed by atoms with E-state index in [1.165, 1.54) is 6.07 Å². The molecule has 0 saturated heterocycles. The largest absolute Gasteiger partial charge is 0.352 e. The van der Waals surface area contributed by atoms with Crippen LogP contribution in [0.1, 0.15) is 24.2 Å². The van der Waals surface area contributed by atoms with Crippen LogP contribution in [0.15, 0.2) is 42.9 Å². The summed E-state index contributed by atoms with van der Waals surface area (Å²) in [7, 11) is 0. The number of rotatable bonds is 4. The number of nitrogens with zero attached hydrogens (tertiary/aromatic N) is 5. The van der Waals surface area contributed by atoms with Crippen molar-refractivity contribution in [3.8, 4) is 11.5 Å². The quantitative estimate of drug-likeness (QED) is 0.765. The van der Waals surface area contributed by atoms with Gasteiger partial charge in [0.25, 0.3) is 0 Å². The fourth-order valence-corrected chi connectivity index (χ4v) is 3.32. The molecular formula is C19H19FN6O. The lowest BCUT2D eigenvalue weighted by molar-refractivity contribution is -0.125. The Bertz CT molecular complexity index is 942. The van der Waals surface area contributed by atoms with Crippen LogP contribution >= 0.6 is 0 Å². The number of hydrogen-bond acceptors (Lipinski definition) is 5. The fraction of sp³-hybridized carbons (Fsp3) is 0.316. The molecule has 4 rings (SSSR count). The van der Waals surface area contributed by atoms with E-state index in [1.54, 1.807) is 36.8 Å². The molecule has 0 bridgehead atoms. The zero-order valence-electron chi connectivity index (χ0n) is 14.7. The minimum Gasteiger partial charge on any atom is -0.352 e. The Hall–Kier alpha value is -3.16. The number of aromatic nitrogens is 5. The first-order valence-corrected chi connectivity index (χ1v) is 8.92. The lowest BCUT2D eigenvalue weighted by Crippen LogP contribution is -2.31. The number of amides is 1. The predicted molar refractivity (Wildman–Crippen MR) is 95.7 cm³/mol. The van der Waals surface area contributed by atoms with Crippen LogP contribution in [0.5, 0.6) is 0 Å². The summed E-state index contributed by atoms with van der Waals surface area (Å²) in [5.41, 5.74) is 1.15. The molecule has 8 heteroatoms. The number of carbonyl (C=O) groups excluding carboxylic acids is 1. The van der Waals surface area contributed by atoms with Gasteiger partial charge >= 0.3 is 0 Å².